The van der Waals surface area contributed by atoms with Gasteiger partial charge in [-0.3, -0.25) is 0 Å². The fourth-order valence-electron chi connectivity index (χ4n) is 7.02. The van der Waals surface area contributed by atoms with Gasteiger partial charge in [0.15, 0.2) is 0 Å². The first-order valence-corrected chi connectivity index (χ1v) is 17.7. The van der Waals surface area contributed by atoms with E-state index in [0.717, 1.165) is 0 Å². The minimum Gasteiger partial charge on any atom is -0.0561 e. The summed E-state index contributed by atoms with van der Waals surface area (Å²) in [6.07, 6.45) is 0. The van der Waals surface area contributed by atoms with E-state index >= 15 is 0 Å². The lowest BCUT2D eigenvalue weighted by molar-refractivity contribution is 0.591. The summed E-state index contributed by atoms with van der Waals surface area (Å²) in [4.78, 5) is 0. The average molecular weight is 663 g/mol. The molecule has 0 bridgehead atoms. The van der Waals surface area contributed by atoms with E-state index in [1.54, 1.807) is 12.1 Å². The van der Waals surface area contributed by atoms with Crippen LogP contribution in [0.3, 0.4) is 0 Å². The third kappa shape index (κ3) is 5.26. The minimum absolute atomic E-state index is 0.0519. The van der Waals surface area contributed by atoms with E-state index in [9.17, 15) is 13.7 Å². The molecular weight excluding hydrogens is 601 g/mol. The van der Waals surface area contributed by atoms with E-state index in [4.69, 9.17) is 0 Å². The van der Waals surface area contributed by atoms with E-state index in [-0.39, 0.29) is 71.6 Å². The van der Waals surface area contributed by atoms with Crippen molar-refractivity contribution >= 4 is 76.7 Å². The van der Waals surface area contributed by atoms with Crippen LogP contribution in [-0.2, 0) is 21.7 Å². The van der Waals surface area contributed by atoms with Crippen LogP contribution in [0.4, 0.5) is 0 Å². The van der Waals surface area contributed by atoms with E-state index in [2.05, 4.69) is 0 Å². The van der Waals surface area contributed by atoms with Crippen LogP contribution in [0.5, 0.6) is 0 Å². The summed E-state index contributed by atoms with van der Waals surface area (Å²) in [5.41, 5.74) is 0.0563. The Morgan fingerprint density at radius 1 is 0.380 bits per heavy atom. The Morgan fingerprint density at radius 2 is 0.640 bits per heavy atom. The zero-order chi connectivity index (χ0) is 44.4. The summed E-state index contributed by atoms with van der Waals surface area (Å²) in [6, 6.07) is 11.4. The highest BCUT2D eigenvalue weighted by atomic mass is 14.3. The molecule has 8 rings (SSSR count). The van der Waals surface area contributed by atoms with Crippen molar-refractivity contribution in [1.29, 1.82) is 0 Å². The van der Waals surface area contributed by atoms with Crippen LogP contribution < -0.4 is 0 Å². The summed E-state index contributed by atoms with van der Waals surface area (Å²) < 4.78 is 96.6. The van der Waals surface area contributed by atoms with E-state index in [1.807, 2.05) is 107 Å². The normalized spacial score (nSPS) is 17.1. The van der Waals surface area contributed by atoms with Crippen LogP contribution in [0.15, 0.2) is 84.7 Å². The molecule has 0 aliphatic rings. The maximum atomic E-state index is 10.1. The Labute approximate surface area is 312 Å². The van der Waals surface area contributed by atoms with E-state index < -0.39 is 21.7 Å². The van der Waals surface area contributed by atoms with Crippen molar-refractivity contribution < 1.29 is 13.7 Å². The van der Waals surface area contributed by atoms with Crippen LogP contribution in [0.1, 0.15) is 130 Å². The third-order valence-corrected chi connectivity index (χ3v) is 9.96. The summed E-state index contributed by atoms with van der Waals surface area (Å²) in [5.74, 6) is 0. The molecule has 0 aliphatic heterocycles. The molecule has 0 aromatic heterocycles. The lowest BCUT2D eigenvalue weighted by atomic mass is 9.80. The summed E-state index contributed by atoms with van der Waals surface area (Å²) in [7, 11) is 0. The molecular formula is C50H52. The number of hydrogen-bond donors (Lipinski definition) is 0. The average Bonchev–Trinajstić information content (AvgIpc) is 3.11. The maximum Gasteiger partial charge on any atom is 0.0633 e. The van der Waals surface area contributed by atoms with Gasteiger partial charge in [0.25, 0.3) is 0 Å². The van der Waals surface area contributed by atoms with Crippen molar-refractivity contribution in [1.82, 2.24) is 0 Å². The van der Waals surface area contributed by atoms with Gasteiger partial charge >= 0.3 is 0 Å². The molecule has 0 heteroatoms. The lowest BCUT2D eigenvalue weighted by Crippen LogP contribution is -2.12. The second-order valence-electron chi connectivity index (χ2n) is 18.3. The zero-order valence-electron chi connectivity index (χ0n) is 41.5. The highest BCUT2D eigenvalue weighted by Gasteiger charge is 2.23. The molecule has 0 amide bonds. The first-order chi connectivity index (χ1) is 27.5. The molecule has 0 atom stereocenters. The highest BCUT2D eigenvalue weighted by Crippen LogP contribution is 2.44. The van der Waals surface area contributed by atoms with Gasteiger partial charge in [0.05, 0.1) is 13.7 Å². The molecule has 8 aromatic carbocycles. The van der Waals surface area contributed by atoms with Crippen LogP contribution >= 0.6 is 0 Å². The summed E-state index contributed by atoms with van der Waals surface area (Å²) >= 11 is 0. The van der Waals surface area contributed by atoms with Crippen LogP contribution in [0.25, 0.3) is 76.7 Å². The SMILES string of the molecule is [2H]/C(=C(/[2H])c1cc2c([2H])c(C(C)(C)C)c([2H])c3ccc4c([2H])c(C(C)(C)C)c([2H])c1c4c32)c1cc2c([2H])c(C(C)(C)C)c([2H])c3ccc4c([2H])c(C(C)(C)C)c([2H])c1c4c32. The van der Waals surface area contributed by atoms with Gasteiger partial charge in [-0.15, -0.1) is 0 Å². The molecule has 50 heavy (non-hydrogen) atoms. The Morgan fingerprint density at radius 3 is 0.940 bits per heavy atom. The molecule has 0 N–H and O–H groups in total. The van der Waals surface area contributed by atoms with Crippen molar-refractivity contribution in [3.63, 3.8) is 0 Å². The Balaban J connectivity index is 1.65. The number of rotatable bonds is 2. The van der Waals surface area contributed by atoms with Gasteiger partial charge in [-0.25, -0.2) is 0 Å². The molecule has 0 nitrogen and oxygen atoms in total. The molecule has 0 fully saturated rings. The molecule has 0 radical (unpaired) electrons. The van der Waals surface area contributed by atoms with E-state index in [0.29, 0.717) is 86.9 Å². The molecule has 0 spiro atoms. The maximum absolute atomic E-state index is 10.1. The van der Waals surface area contributed by atoms with Gasteiger partial charge in [0.2, 0.25) is 0 Å². The van der Waals surface area contributed by atoms with Crippen molar-refractivity contribution in [2.45, 2.75) is 105 Å². The second kappa shape index (κ2) is 10.6. The summed E-state index contributed by atoms with van der Waals surface area (Å²) in [5, 5.41) is 6.14. The van der Waals surface area contributed by atoms with Crippen molar-refractivity contribution in [2.24, 2.45) is 0 Å². The molecule has 0 saturated carbocycles. The van der Waals surface area contributed by atoms with Gasteiger partial charge in [0.1, 0.15) is 0 Å². The topological polar surface area (TPSA) is 0 Å². The Hall–Kier alpha value is -4.42. The standard InChI is InChI=1S/C50H52/c1-47(2,3)37-21-31-15-17-33-23-39(49(7,8)9)27-41-29(19-35(25-37)43(31)45(33)41)13-14-30-20-36-26-38(48(4,5)6)22-32-16-18-34-24-40(50(10,11)12)28-42(30)46(34)44(32)36/h13-28H,1-12H3/b14-13+/i13D,14D,21D,22D,23D,24D,25D,26D,27D,28D. The van der Waals surface area contributed by atoms with Crippen LogP contribution in [0, 0.1) is 0 Å². The molecule has 0 unspecified atom stereocenters. The van der Waals surface area contributed by atoms with Crippen LogP contribution in [-0.4, -0.2) is 0 Å². The van der Waals surface area contributed by atoms with Crippen molar-refractivity contribution in [2.75, 3.05) is 0 Å². The molecule has 252 valence electrons. The van der Waals surface area contributed by atoms with Crippen molar-refractivity contribution in [3.8, 4) is 0 Å². The molecule has 0 saturated heterocycles. The Bertz CT molecular complexity index is 3000. The van der Waals surface area contributed by atoms with Gasteiger partial charge in [-0.2, -0.15) is 0 Å². The number of benzene rings is 8. The monoisotopic (exact) mass is 662 g/mol. The fraction of sp³-hybridized carbons (Fsp3) is 0.320. The second-order valence-corrected chi connectivity index (χ2v) is 18.3. The van der Waals surface area contributed by atoms with E-state index in [1.165, 1.54) is 0 Å². The first kappa shape index (κ1) is 23.1. The largest absolute Gasteiger partial charge is 0.0633 e. The fourth-order valence-corrected chi connectivity index (χ4v) is 7.02. The lowest BCUT2D eigenvalue weighted by Gasteiger charge is -2.25. The van der Waals surface area contributed by atoms with Crippen LogP contribution in [0.2, 0.25) is 0 Å². The van der Waals surface area contributed by atoms with Gasteiger partial charge < -0.3 is 0 Å². The third-order valence-electron chi connectivity index (χ3n) is 9.96. The quantitative estimate of drug-likeness (QED) is 0.128. The summed E-state index contributed by atoms with van der Waals surface area (Å²) in [6.45, 7) is 23.5. The predicted octanol–water partition coefficient (Wildman–Crippen LogP) is 14.8. The highest BCUT2D eigenvalue weighted by molar-refractivity contribution is 6.27. The zero-order valence-corrected chi connectivity index (χ0v) is 31.5. The first-order valence-electron chi connectivity index (χ1n) is 22.7. The van der Waals surface area contributed by atoms with Gasteiger partial charge in [0, 0.05) is 0 Å². The minimum atomic E-state index is -0.639. The smallest absolute Gasteiger partial charge is 0.0561 e. The van der Waals surface area contributed by atoms with Crippen molar-refractivity contribution in [3.05, 3.63) is 118 Å². The van der Waals surface area contributed by atoms with Gasteiger partial charge in [-0.05, 0) is 144 Å². The molecule has 0 heterocycles. The predicted molar refractivity (Wildman–Crippen MR) is 224 cm³/mol. The Kier molecular flexibility index (Phi) is 4.88. The molecule has 0 aliphatic carbocycles. The number of hydrogen-bond acceptors (Lipinski definition) is 0. The molecule has 8 aromatic rings. The van der Waals surface area contributed by atoms with Gasteiger partial charge in [-0.1, -0.05) is 156 Å².